The van der Waals surface area contributed by atoms with E-state index in [1.165, 1.54) is 0 Å². The van der Waals surface area contributed by atoms with Crippen molar-refractivity contribution in [1.29, 1.82) is 0 Å². The lowest BCUT2D eigenvalue weighted by atomic mass is 9.76. The highest BCUT2D eigenvalue weighted by atomic mass is 79.9. The van der Waals surface area contributed by atoms with Gasteiger partial charge in [-0.05, 0) is 47.3 Å². The predicted octanol–water partition coefficient (Wildman–Crippen LogP) is 4.08. The van der Waals surface area contributed by atoms with Gasteiger partial charge in [-0.25, -0.2) is 4.98 Å². The molecule has 0 aliphatic carbocycles. The highest BCUT2D eigenvalue weighted by molar-refractivity contribution is 9.10. The molecule has 3 heteroatoms. The van der Waals surface area contributed by atoms with Crippen molar-refractivity contribution in [3.63, 3.8) is 0 Å². The molecule has 1 heterocycles. The summed E-state index contributed by atoms with van der Waals surface area (Å²) in [5.41, 5.74) is 0.161. The molecule has 0 unspecified atom stereocenters. The van der Waals surface area contributed by atoms with Gasteiger partial charge in [-0.1, -0.05) is 20.8 Å². The molecule has 0 aromatic carbocycles. The molecule has 84 valence electrons. The molecule has 15 heavy (non-hydrogen) atoms. The molecule has 0 atom stereocenters. The van der Waals surface area contributed by atoms with E-state index in [-0.39, 0.29) is 11.0 Å². The molecule has 0 aliphatic heterocycles. The third-order valence-corrected chi connectivity index (χ3v) is 3.70. The van der Waals surface area contributed by atoms with Crippen molar-refractivity contribution in [2.75, 3.05) is 5.32 Å². The van der Waals surface area contributed by atoms with Gasteiger partial charge >= 0.3 is 0 Å². The van der Waals surface area contributed by atoms with Crippen molar-refractivity contribution in [2.45, 2.75) is 40.2 Å². The number of halogens is 1. The standard InChI is InChI=1S/C12H19BrN2/c1-11(2,3)12(4,5)15-10-9(13)7-6-8-14-10/h6-8H,1-5H3,(H,14,15). The number of hydrogen-bond acceptors (Lipinski definition) is 2. The second-order valence-corrected chi connectivity index (χ2v) is 6.19. The van der Waals surface area contributed by atoms with Gasteiger partial charge in [0.25, 0.3) is 0 Å². The summed E-state index contributed by atoms with van der Waals surface area (Å²) in [4.78, 5) is 4.32. The summed E-state index contributed by atoms with van der Waals surface area (Å²) in [6.07, 6.45) is 1.80. The second-order valence-electron chi connectivity index (χ2n) is 5.33. The number of rotatable bonds is 2. The van der Waals surface area contributed by atoms with Crippen molar-refractivity contribution in [3.8, 4) is 0 Å². The molecule has 0 aliphatic rings. The van der Waals surface area contributed by atoms with E-state index >= 15 is 0 Å². The summed E-state index contributed by atoms with van der Waals surface area (Å²) < 4.78 is 1.00. The molecular formula is C12H19BrN2. The zero-order chi connectivity index (χ0) is 11.7. The zero-order valence-electron chi connectivity index (χ0n) is 10.1. The Labute approximate surface area is 101 Å². The monoisotopic (exact) mass is 270 g/mol. The molecule has 0 bridgehead atoms. The van der Waals surface area contributed by atoms with Gasteiger partial charge in [0, 0.05) is 11.7 Å². The Balaban J connectivity index is 2.92. The van der Waals surface area contributed by atoms with Crippen molar-refractivity contribution in [2.24, 2.45) is 5.41 Å². The van der Waals surface area contributed by atoms with Crippen molar-refractivity contribution in [1.82, 2.24) is 4.98 Å². The van der Waals surface area contributed by atoms with Crippen molar-refractivity contribution in [3.05, 3.63) is 22.8 Å². The summed E-state index contributed by atoms with van der Waals surface area (Å²) in [6, 6.07) is 3.91. The minimum absolute atomic E-state index is 0.0100. The third kappa shape index (κ3) is 2.94. The van der Waals surface area contributed by atoms with Gasteiger partial charge in [-0.2, -0.15) is 0 Å². The SMILES string of the molecule is CC(C)(C)C(C)(C)Nc1ncccc1Br. The average Bonchev–Trinajstić information content (AvgIpc) is 2.06. The molecule has 0 fully saturated rings. The van der Waals surface area contributed by atoms with Gasteiger partial charge in [-0.15, -0.1) is 0 Å². The number of nitrogens with zero attached hydrogens (tertiary/aromatic N) is 1. The molecule has 0 amide bonds. The molecule has 1 rings (SSSR count). The fourth-order valence-electron chi connectivity index (χ4n) is 0.961. The molecule has 1 aromatic rings. The number of nitrogens with one attached hydrogen (secondary N) is 1. The van der Waals surface area contributed by atoms with Gasteiger partial charge in [0.1, 0.15) is 5.82 Å². The Morgan fingerprint density at radius 1 is 1.20 bits per heavy atom. The highest BCUT2D eigenvalue weighted by Crippen LogP contribution is 2.34. The van der Waals surface area contributed by atoms with Crippen LogP contribution in [0.4, 0.5) is 5.82 Å². The molecule has 2 nitrogen and oxygen atoms in total. The van der Waals surface area contributed by atoms with E-state index in [0.717, 1.165) is 10.3 Å². The minimum atomic E-state index is -0.0100. The van der Waals surface area contributed by atoms with E-state index < -0.39 is 0 Å². The number of pyridine rings is 1. The number of hydrogen-bond donors (Lipinski definition) is 1. The average molecular weight is 271 g/mol. The van der Waals surface area contributed by atoms with Gasteiger partial charge in [0.05, 0.1) is 4.47 Å². The molecule has 0 saturated carbocycles. The fraction of sp³-hybridized carbons (Fsp3) is 0.583. The molecule has 1 aromatic heterocycles. The Morgan fingerprint density at radius 3 is 2.27 bits per heavy atom. The zero-order valence-corrected chi connectivity index (χ0v) is 11.6. The molecule has 0 radical (unpaired) electrons. The topological polar surface area (TPSA) is 24.9 Å². The van der Waals surface area contributed by atoms with Crippen LogP contribution < -0.4 is 5.32 Å². The maximum Gasteiger partial charge on any atom is 0.140 e. The first-order chi connectivity index (χ1) is 6.74. The fourth-order valence-corrected chi connectivity index (χ4v) is 1.32. The van der Waals surface area contributed by atoms with Crippen LogP contribution in [0, 0.1) is 5.41 Å². The van der Waals surface area contributed by atoms with E-state index in [1.807, 2.05) is 12.1 Å². The van der Waals surface area contributed by atoms with Gasteiger partial charge in [0.2, 0.25) is 0 Å². The third-order valence-electron chi connectivity index (χ3n) is 3.06. The first kappa shape index (κ1) is 12.5. The first-order valence-electron chi connectivity index (χ1n) is 5.13. The molecule has 1 N–H and O–H groups in total. The Kier molecular flexibility index (Phi) is 3.44. The first-order valence-corrected chi connectivity index (χ1v) is 5.92. The minimum Gasteiger partial charge on any atom is -0.364 e. The van der Waals surface area contributed by atoms with Gasteiger partial charge in [-0.3, -0.25) is 0 Å². The summed E-state index contributed by atoms with van der Waals surface area (Å²) in [5, 5.41) is 3.47. The molecule has 0 saturated heterocycles. The van der Waals surface area contributed by atoms with Crippen LogP contribution in [0.1, 0.15) is 34.6 Å². The molecule has 0 spiro atoms. The lowest BCUT2D eigenvalue weighted by Gasteiger charge is -2.40. The smallest absolute Gasteiger partial charge is 0.140 e. The van der Waals surface area contributed by atoms with E-state index in [2.05, 4.69) is 60.8 Å². The predicted molar refractivity (Wildman–Crippen MR) is 69.1 cm³/mol. The lowest BCUT2D eigenvalue weighted by molar-refractivity contribution is 0.253. The second kappa shape index (κ2) is 4.12. The number of aromatic nitrogens is 1. The Bertz CT molecular complexity index is 340. The van der Waals surface area contributed by atoms with E-state index in [4.69, 9.17) is 0 Å². The van der Waals surface area contributed by atoms with Crippen LogP contribution in [0.25, 0.3) is 0 Å². The summed E-state index contributed by atoms with van der Waals surface area (Å²) >= 11 is 3.49. The van der Waals surface area contributed by atoms with Crippen LogP contribution in [0.5, 0.6) is 0 Å². The van der Waals surface area contributed by atoms with Crippen LogP contribution in [0.3, 0.4) is 0 Å². The highest BCUT2D eigenvalue weighted by Gasteiger charge is 2.33. The van der Waals surface area contributed by atoms with Crippen LogP contribution in [0.15, 0.2) is 22.8 Å². The van der Waals surface area contributed by atoms with Crippen LogP contribution in [-0.2, 0) is 0 Å². The summed E-state index contributed by atoms with van der Waals surface area (Å²) in [5.74, 6) is 0.900. The van der Waals surface area contributed by atoms with Gasteiger partial charge < -0.3 is 5.32 Å². The van der Waals surface area contributed by atoms with Crippen molar-refractivity contribution < 1.29 is 0 Å². The number of anilines is 1. The van der Waals surface area contributed by atoms with Crippen LogP contribution in [0.2, 0.25) is 0 Å². The van der Waals surface area contributed by atoms with Crippen LogP contribution >= 0.6 is 15.9 Å². The molecular weight excluding hydrogens is 252 g/mol. The Hall–Kier alpha value is -0.570. The van der Waals surface area contributed by atoms with Crippen molar-refractivity contribution >= 4 is 21.7 Å². The summed E-state index contributed by atoms with van der Waals surface area (Å²) in [6.45, 7) is 11.0. The van der Waals surface area contributed by atoms with E-state index in [9.17, 15) is 0 Å². The summed E-state index contributed by atoms with van der Waals surface area (Å²) in [7, 11) is 0. The van der Waals surface area contributed by atoms with E-state index in [0.29, 0.717) is 0 Å². The maximum absolute atomic E-state index is 4.32. The van der Waals surface area contributed by atoms with E-state index in [1.54, 1.807) is 6.20 Å². The quantitative estimate of drug-likeness (QED) is 0.876. The van der Waals surface area contributed by atoms with Gasteiger partial charge in [0.15, 0.2) is 0 Å². The van der Waals surface area contributed by atoms with Crippen LogP contribution in [-0.4, -0.2) is 10.5 Å². The Morgan fingerprint density at radius 2 is 1.80 bits per heavy atom. The normalized spacial score (nSPS) is 12.7. The largest absolute Gasteiger partial charge is 0.364 e. The maximum atomic E-state index is 4.32. The lowest BCUT2D eigenvalue weighted by Crippen LogP contribution is -2.44.